The molecule has 0 aliphatic carbocycles. The molecule has 0 saturated heterocycles. The van der Waals surface area contributed by atoms with Gasteiger partial charge in [-0.15, -0.1) is 0 Å². The van der Waals surface area contributed by atoms with Crippen LogP contribution in [0.15, 0.2) is 72.2 Å². The van der Waals surface area contributed by atoms with Gasteiger partial charge < -0.3 is 9.40 Å². The summed E-state index contributed by atoms with van der Waals surface area (Å²) >= 11 is 0. The fourth-order valence-corrected chi connectivity index (χ4v) is 3.48. The van der Waals surface area contributed by atoms with Crippen LogP contribution in [0.5, 0.6) is 0 Å². The molecule has 8 heteroatoms. The largest absolute Gasteiger partial charge is 0.472 e. The number of hydrogen-bond donors (Lipinski definition) is 2. The highest BCUT2D eigenvalue weighted by molar-refractivity contribution is 5.97. The molecule has 0 atom stereocenters. The Morgan fingerprint density at radius 1 is 0.931 bits per heavy atom. The lowest BCUT2D eigenvalue weighted by atomic mass is 10.1. The van der Waals surface area contributed by atoms with Gasteiger partial charge in [0.1, 0.15) is 12.0 Å². The van der Waals surface area contributed by atoms with Crippen molar-refractivity contribution >= 4 is 21.9 Å². The van der Waals surface area contributed by atoms with Crippen molar-refractivity contribution in [2.24, 2.45) is 0 Å². The van der Waals surface area contributed by atoms with E-state index >= 15 is 0 Å². The van der Waals surface area contributed by atoms with E-state index < -0.39 is 0 Å². The molecule has 0 bridgehead atoms. The van der Waals surface area contributed by atoms with Gasteiger partial charge in [-0.05, 0) is 18.2 Å². The number of para-hydroxylation sites is 1. The maximum Gasteiger partial charge on any atom is 0.159 e. The van der Waals surface area contributed by atoms with Crippen LogP contribution in [0, 0.1) is 0 Å². The van der Waals surface area contributed by atoms with Crippen LogP contribution in [-0.2, 0) is 0 Å². The third-order valence-electron chi connectivity index (χ3n) is 4.87. The Hall–Kier alpha value is -4.33. The number of nitrogens with one attached hydrogen (secondary N) is 2. The highest BCUT2D eigenvalue weighted by atomic mass is 16.3. The molecule has 8 nitrogen and oxygen atoms in total. The number of rotatable bonds is 3. The number of imidazole rings is 1. The lowest BCUT2D eigenvalue weighted by Crippen LogP contribution is -1.87. The Balaban J connectivity index is 1.53. The topological polar surface area (TPSA) is 109 Å². The van der Waals surface area contributed by atoms with Gasteiger partial charge in [-0.2, -0.15) is 5.10 Å². The molecule has 0 aliphatic rings. The summed E-state index contributed by atoms with van der Waals surface area (Å²) in [6.07, 6.45) is 10.1. The molecule has 0 amide bonds. The summed E-state index contributed by atoms with van der Waals surface area (Å²) in [6.45, 7) is 0. The van der Waals surface area contributed by atoms with Crippen molar-refractivity contribution in [3.63, 3.8) is 0 Å². The predicted molar refractivity (Wildman–Crippen MR) is 108 cm³/mol. The Morgan fingerprint density at radius 2 is 1.86 bits per heavy atom. The minimum atomic E-state index is 0.684. The summed E-state index contributed by atoms with van der Waals surface area (Å²) in [5, 5.41) is 8.43. The van der Waals surface area contributed by atoms with Crippen molar-refractivity contribution in [3.8, 4) is 33.9 Å². The highest BCUT2D eigenvalue weighted by Crippen LogP contribution is 2.32. The predicted octanol–water partition coefficient (Wildman–Crippen LogP) is 4.22. The van der Waals surface area contributed by atoms with Gasteiger partial charge in [0.15, 0.2) is 5.82 Å². The molecule has 1 aromatic carbocycles. The van der Waals surface area contributed by atoms with Crippen molar-refractivity contribution in [2.45, 2.75) is 0 Å². The Kier molecular flexibility index (Phi) is 3.30. The number of H-pyrrole nitrogens is 2. The fraction of sp³-hybridized carbons (Fsp3) is 0. The van der Waals surface area contributed by atoms with Crippen LogP contribution in [0.4, 0.5) is 0 Å². The standard InChI is InChI=1S/C21H13N7O/c1-2-14(12-4-5-29-10-12)19-16(3-1)25-21(26-19)20-15-6-17(13-7-22-11-23-8-13)24-9-18(15)27-28-20/h1-11H,(H,25,26)(H,27,28). The number of aromatic amines is 2. The minimum Gasteiger partial charge on any atom is -0.472 e. The van der Waals surface area contributed by atoms with Crippen LogP contribution in [0.25, 0.3) is 55.8 Å². The number of aromatic nitrogens is 7. The first-order chi connectivity index (χ1) is 14.4. The zero-order chi connectivity index (χ0) is 19.2. The van der Waals surface area contributed by atoms with Gasteiger partial charge in [-0.3, -0.25) is 10.1 Å². The average Bonchev–Trinajstić information content (AvgIpc) is 3.52. The van der Waals surface area contributed by atoms with Crippen LogP contribution in [-0.4, -0.2) is 35.1 Å². The van der Waals surface area contributed by atoms with E-state index in [2.05, 4.69) is 30.1 Å². The molecule has 0 saturated carbocycles. The molecule has 138 valence electrons. The number of benzene rings is 1. The summed E-state index contributed by atoms with van der Waals surface area (Å²) in [5.74, 6) is 0.684. The van der Waals surface area contributed by atoms with Gasteiger partial charge in [0, 0.05) is 34.5 Å². The Morgan fingerprint density at radius 3 is 2.72 bits per heavy atom. The Bertz CT molecular complexity index is 1450. The monoisotopic (exact) mass is 379 g/mol. The maximum atomic E-state index is 5.24. The molecule has 29 heavy (non-hydrogen) atoms. The van der Waals surface area contributed by atoms with E-state index in [4.69, 9.17) is 9.40 Å². The quantitative estimate of drug-likeness (QED) is 0.476. The summed E-state index contributed by atoms with van der Waals surface area (Å²) in [4.78, 5) is 20.8. The van der Waals surface area contributed by atoms with E-state index in [1.54, 1.807) is 31.1 Å². The van der Waals surface area contributed by atoms with Crippen LogP contribution < -0.4 is 0 Å². The smallest absolute Gasteiger partial charge is 0.159 e. The van der Waals surface area contributed by atoms with Crippen molar-refractivity contribution in [1.29, 1.82) is 0 Å². The number of fused-ring (bicyclic) bond motifs is 2. The SMILES string of the molecule is c1cc(-c2ccoc2)c2nc(-c3n[nH]c4cnc(-c5cncnc5)cc34)[nH]c2c1. The van der Waals surface area contributed by atoms with Crippen LogP contribution in [0.1, 0.15) is 0 Å². The van der Waals surface area contributed by atoms with Gasteiger partial charge in [0.2, 0.25) is 0 Å². The zero-order valence-corrected chi connectivity index (χ0v) is 15.0. The molecule has 0 radical (unpaired) electrons. The minimum absolute atomic E-state index is 0.684. The fourth-order valence-electron chi connectivity index (χ4n) is 3.48. The molecular formula is C21H13N7O. The highest BCUT2D eigenvalue weighted by Gasteiger charge is 2.16. The summed E-state index contributed by atoms with van der Waals surface area (Å²) in [7, 11) is 0. The molecule has 0 fully saturated rings. The first-order valence-corrected chi connectivity index (χ1v) is 8.98. The second-order valence-electron chi connectivity index (χ2n) is 6.61. The molecule has 5 aromatic heterocycles. The summed E-state index contributed by atoms with van der Waals surface area (Å²) in [6, 6.07) is 9.91. The third-order valence-corrected chi connectivity index (χ3v) is 4.87. The normalized spacial score (nSPS) is 11.4. The first-order valence-electron chi connectivity index (χ1n) is 8.98. The molecule has 6 rings (SSSR count). The second-order valence-corrected chi connectivity index (χ2v) is 6.61. The summed E-state index contributed by atoms with van der Waals surface area (Å²) < 4.78 is 5.24. The second kappa shape index (κ2) is 6.10. The van der Waals surface area contributed by atoms with E-state index in [0.29, 0.717) is 5.82 Å². The third kappa shape index (κ3) is 2.50. The molecule has 0 spiro atoms. The lowest BCUT2D eigenvalue weighted by Gasteiger charge is -2.00. The zero-order valence-electron chi connectivity index (χ0n) is 15.0. The summed E-state index contributed by atoms with van der Waals surface area (Å²) in [5.41, 5.74) is 6.96. The maximum absolute atomic E-state index is 5.24. The number of hydrogen-bond acceptors (Lipinski definition) is 6. The molecule has 5 heterocycles. The molecule has 2 N–H and O–H groups in total. The van der Waals surface area contributed by atoms with E-state index in [1.165, 1.54) is 6.33 Å². The van der Waals surface area contributed by atoms with Gasteiger partial charge in [0.05, 0.1) is 41.0 Å². The molecule has 0 unspecified atom stereocenters. The molecule has 6 aromatic rings. The van der Waals surface area contributed by atoms with Crippen LogP contribution >= 0.6 is 0 Å². The molecule has 0 aliphatic heterocycles. The van der Waals surface area contributed by atoms with Gasteiger partial charge in [-0.1, -0.05) is 12.1 Å². The first kappa shape index (κ1) is 15.7. The van der Waals surface area contributed by atoms with Gasteiger partial charge in [0.25, 0.3) is 0 Å². The van der Waals surface area contributed by atoms with E-state index in [9.17, 15) is 0 Å². The lowest BCUT2D eigenvalue weighted by molar-refractivity contribution is 0.568. The van der Waals surface area contributed by atoms with E-state index in [1.807, 2.05) is 30.3 Å². The van der Waals surface area contributed by atoms with E-state index in [0.717, 1.165) is 50.0 Å². The number of nitrogens with zero attached hydrogens (tertiary/aromatic N) is 5. The van der Waals surface area contributed by atoms with Crippen molar-refractivity contribution < 1.29 is 4.42 Å². The van der Waals surface area contributed by atoms with Crippen molar-refractivity contribution in [3.05, 3.63) is 67.8 Å². The van der Waals surface area contributed by atoms with Gasteiger partial charge in [-0.25, -0.2) is 15.0 Å². The van der Waals surface area contributed by atoms with Crippen molar-refractivity contribution in [2.75, 3.05) is 0 Å². The van der Waals surface area contributed by atoms with Crippen molar-refractivity contribution in [1.82, 2.24) is 35.1 Å². The van der Waals surface area contributed by atoms with Crippen LogP contribution in [0.3, 0.4) is 0 Å². The average molecular weight is 379 g/mol. The van der Waals surface area contributed by atoms with Gasteiger partial charge >= 0.3 is 0 Å². The number of furan rings is 1. The number of pyridine rings is 1. The van der Waals surface area contributed by atoms with Crippen LogP contribution in [0.2, 0.25) is 0 Å². The molecular weight excluding hydrogens is 366 g/mol. The Labute approximate surface area is 163 Å². The van der Waals surface area contributed by atoms with E-state index in [-0.39, 0.29) is 0 Å².